The maximum absolute atomic E-state index is 13.0. The van der Waals surface area contributed by atoms with Crippen molar-refractivity contribution in [1.82, 2.24) is 5.32 Å². The molecule has 0 spiro atoms. The molecular formula is C12H10ClFN2O3. The number of amides is 2. The number of halogens is 2. The summed E-state index contributed by atoms with van der Waals surface area (Å²) in [5.41, 5.74) is 0.104. The number of rotatable bonds is 4. The molecule has 0 aliphatic carbocycles. The summed E-state index contributed by atoms with van der Waals surface area (Å²) in [6.07, 6.45) is 4.82. The van der Waals surface area contributed by atoms with E-state index in [1.54, 1.807) is 0 Å². The number of benzene rings is 1. The monoisotopic (exact) mass is 284 g/mol. The first kappa shape index (κ1) is 14.8. The van der Waals surface area contributed by atoms with E-state index in [9.17, 15) is 14.0 Å². The minimum Gasteiger partial charge on any atom is -0.480 e. The quantitative estimate of drug-likeness (QED) is 0.741. The Morgan fingerprint density at radius 3 is 2.68 bits per heavy atom. The zero-order valence-corrected chi connectivity index (χ0v) is 10.4. The van der Waals surface area contributed by atoms with E-state index in [2.05, 4.69) is 16.6 Å². The van der Waals surface area contributed by atoms with Gasteiger partial charge in [0.05, 0.1) is 0 Å². The molecule has 1 aromatic carbocycles. The van der Waals surface area contributed by atoms with Crippen LogP contribution in [-0.2, 0) is 4.79 Å². The zero-order valence-electron chi connectivity index (χ0n) is 9.61. The lowest BCUT2D eigenvalue weighted by atomic mass is 10.2. The van der Waals surface area contributed by atoms with Crippen molar-refractivity contribution in [2.24, 2.45) is 0 Å². The molecule has 1 atom stereocenters. The Morgan fingerprint density at radius 1 is 1.47 bits per heavy atom. The van der Waals surface area contributed by atoms with Crippen molar-refractivity contribution in [3.05, 3.63) is 29.0 Å². The first-order valence-electron chi connectivity index (χ1n) is 5.12. The van der Waals surface area contributed by atoms with Gasteiger partial charge in [-0.2, -0.15) is 0 Å². The molecule has 0 aromatic heterocycles. The molecule has 1 unspecified atom stereocenters. The van der Waals surface area contributed by atoms with Gasteiger partial charge in [0.15, 0.2) is 0 Å². The predicted molar refractivity (Wildman–Crippen MR) is 68.4 cm³/mol. The summed E-state index contributed by atoms with van der Waals surface area (Å²) in [7, 11) is 0. The summed E-state index contributed by atoms with van der Waals surface area (Å²) >= 11 is 5.61. The molecule has 3 N–H and O–H groups in total. The van der Waals surface area contributed by atoms with Gasteiger partial charge in [-0.05, 0) is 18.2 Å². The number of carboxylic acid groups (broad SMARTS) is 1. The first-order chi connectivity index (χ1) is 8.92. The lowest BCUT2D eigenvalue weighted by Gasteiger charge is -2.13. The molecule has 0 radical (unpaired) electrons. The minimum atomic E-state index is -1.26. The van der Waals surface area contributed by atoms with E-state index in [4.69, 9.17) is 23.1 Å². The van der Waals surface area contributed by atoms with Crippen LogP contribution in [-0.4, -0.2) is 23.1 Å². The van der Waals surface area contributed by atoms with Crippen molar-refractivity contribution in [3.8, 4) is 12.3 Å². The molecule has 0 aliphatic heterocycles. The van der Waals surface area contributed by atoms with Crippen LogP contribution in [0.3, 0.4) is 0 Å². The molecule has 1 rings (SSSR count). The van der Waals surface area contributed by atoms with Crippen LogP contribution in [0.4, 0.5) is 14.9 Å². The fraction of sp³-hybridized carbons (Fsp3) is 0.167. The standard InChI is InChI=1S/C12H10ClFN2O3/c1-2-3-10(11(17)18)16-12(19)15-9-5-7(13)4-8(14)6-9/h1,4-6,10H,3H2,(H,17,18)(H2,15,16,19). The summed E-state index contributed by atoms with van der Waals surface area (Å²) in [5, 5.41) is 13.3. The molecule has 5 nitrogen and oxygen atoms in total. The molecule has 2 amide bonds. The van der Waals surface area contributed by atoms with Gasteiger partial charge in [0.1, 0.15) is 11.9 Å². The van der Waals surface area contributed by atoms with Crippen LogP contribution in [0.1, 0.15) is 6.42 Å². The van der Waals surface area contributed by atoms with Crippen LogP contribution in [0, 0.1) is 18.2 Å². The van der Waals surface area contributed by atoms with Gasteiger partial charge in [0.2, 0.25) is 0 Å². The molecule has 0 bridgehead atoms. The van der Waals surface area contributed by atoms with Crippen molar-refractivity contribution in [2.75, 3.05) is 5.32 Å². The van der Waals surface area contributed by atoms with Crippen molar-refractivity contribution in [1.29, 1.82) is 0 Å². The second-order valence-corrected chi connectivity index (χ2v) is 3.99. The predicted octanol–water partition coefficient (Wildman–Crippen LogP) is 2.08. The number of hydrogen-bond donors (Lipinski definition) is 3. The summed E-state index contributed by atoms with van der Waals surface area (Å²) in [6, 6.07) is 1.41. The summed E-state index contributed by atoms with van der Waals surface area (Å²) in [6.45, 7) is 0. The highest BCUT2D eigenvalue weighted by molar-refractivity contribution is 6.30. The minimum absolute atomic E-state index is 0.104. The Labute approximate surface area is 113 Å². The molecule has 0 aliphatic rings. The number of aliphatic carboxylic acids is 1. The number of nitrogens with one attached hydrogen (secondary N) is 2. The molecular weight excluding hydrogens is 275 g/mol. The second kappa shape index (κ2) is 6.61. The third-order valence-corrected chi connectivity index (χ3v) is 2.26. The Balaban J connectivity index is 2.69. The Morgan fingerprint density at radius 2 is 2.16 bits per heavy atom. The Bertz CT molecular complexity index is 522. The molecule has 0 heterocycles. The van der Waals surface area contributed by atoms with Crippen LogP contribution in [0.25, 0.3) is 0 Å². The highest BCUT2D eigenvalue weighted by Gasteiger charge is 2.18. The van der Waals surface area contributed by atoms with E-state index in [0.717, 1.165) is 12.1 Å². The molecule has 0 saturated heterocycles. The van der Waals surface area contributed by atoms with E-state index in [1.165, 1.54) is 6.07 Å². The molecule has 100 valence electrons. The fourth-order valence-electron chi connectivity index (χ4n) is 1.27. The van der Waals surface area contributed by atoms with E-state index in [1.807, 2.05) is 0 Å². The fourth-order valence-corrected chi connectivity index (χ4v) is 1.49. The van der Waals surface area contributed by atoms with Crippen molar-refractivity contribution in [2.45, 2.75) is 12.5 Å². The van der Waals surface area contributed by atoms with Gasteiger partial charge in [0.25, 0.3) is 0 Å². The third kappa shape index (κ3) is 4.85. The zero-order chi connectivity index (χ0) is 14.4. The normalized spacial score (nSPS) is 11.2. The van der Waals surface area contributed by atoms with Crippen LogP contribution in [0.15, 0.2) is 18.2 Å². The summed E-state index contributed by atoms with van der Waals surface area (Å²) < 4.78 is 13.0. The van der Waals surface area contributed by atoms with Crippen molar-refractivity contribution in [3.63, 3.8) is 0 Å². The van der Waals surface area contributed by atoms with Crippen molar-refractivity contribution < 1.29 is 19.1 Å². The van der Waals surface area contributed by atoms with Crippen LogP contribution in [0.5, 0.6) is 0 Å². The summed E-state index contributed by atoms with van der Waals surface area (Å²) in [5.74, 6) is 0.249. The SMILES string of the molecule is C#CCC(NC(=O)Nc1cc(F)cc(Cl)c1)C(=O)O. The highest BCUT2D eigenvalue weighted by atomic mass is 35.5. The number of carboxylic acids is 1. The van der Waals surface area contributed by atoms with E-state index >= 15 is 0 Å². The van der Waals surface area contributed by atoms with Gasteiger partial charge in [-0.25, -0.2) is 14.0 Å². The Hall–Kier alpha value is -2.26. The largest absolute Gasteiger partial charge is 0.480 e. The third-order valence-electron chi connectivity index (χ3n) is 2.05. The van der Waals surface area contributed by atoms with Crippen LogP contribution >= 0.6 is 11.6 Å². The highest BCUT2D eigenvalue weighted by Crippen LogP contribution is 2.17. The Kier molecular flexibility index (Phi) is 5.15. The number of hydrogen-bond acceptors (Lipinski definition) is 2. The molecule has 7 heteroatoms. The van der Waals surface area contributed by atoms with E-state index in [-0.39, 0.29) is 17.1 Å². The molecule has 19 heavy (non-hydrogen) atoms. The number of carbonyl (C=O) groups is 2. The second-order valence-electron chi connectivity index (χ2n) is 3.56. The van der Waals surface area contributed by atoms with Gasteiger partial charge >= 0.3 is 12.0 Å². The maximum Gasteiger partial charge on any atom is 0.327 e. The van der Waals surface area contributed by atoms with Gasteiger partial charge in [-0.3, -0.25) is 0 Å². The molecule has 0 fully saturated rings. The number of urea groups is 1. The van der Waals surface area contributed by atoms with Crippen LogP contribution < -0.4 is 10.6 Å². The summed E-state index contributed by atoms with van der Waals surface area (Å²) in [4.78, 5) is 22.3. The molecule has 0 saturated carbocycles. The van der Waals surface area contributed by atoms with E-state index < -0.39 is 23.9 Å². The van der Waals surface area contributed by atoms with Gasteiger partial charge < -0.3 is 15.7 Å². The first-order valence-corrected chi connectivity index (χ1v) is 5.50. The molecule has 1 aromatic rings. The maximum atomic E-state index is 13.0. The lowest BCUT2D eigenvalue weighted by Crippen LogP contribution is -2.42. The topological polar surface area (TPSA) is 78.4 Å². The van der Waals surface area contributed by atoms with E-state index in [0.29, 0.717) is 0 Å². The van der Waals surface area contributed by atoms with Crippen molar-refractivity contribution >= 4 is 29.3 Å². The van der Waals surface area contributed by atoms with Crippen LogP contribution in [0.2, 0.25) is 5.02 Å². The average Bonchev–Trinajstić information content (AvgIpc) is 2.26. The lowest BCUT2D eigenvalue weighted by molar-refractivity contribution is -0.139. The number of carbonyl (C=O) groups excluding carboxylic acids is 1. The van der Waals surface area contributed by atoms with Gasteiger partial charge in [-0.15, -0.1) is 12.3 Å². The average molecular weight is 285 g/mol. The number of anilines is 1. The smallest absolute Gasteiger partial charge is 0.327 e. The number of terminal acetylenes is 1. The van der Waals surface area contributed by atoms with Gasteiger partial charge in [-0.1, -0.05) is 11.6 Å². The van der Waals surface area contributed by atoms with Gasteiger partial charge in [0, 0.05) is 17.1 Å².